The van der Waals surface area contributed by atoms with E-state index >= 15 is 0 Å². The summed E-state index contributed by atoms with van der Waals surface area (Å²) in [4.78, 5) is 2.24. The van der Waals surface area contributed by atoms with Crippen molar-refractivity contribution in [3.63, 3.8) is 0 Å². The Hall–Kier alpha value is -1.80. The van der Waals surface area contributed by atoms with Gasteiger partial charge in [0, 0.05) is 25.0 Å². The van der Waals surface area contributed by atoms with Gasteiger partial charge in [0.2, 0.25) is 0 Å². The first-order valence-corrected chi connectivity index (χ1v) is 7.22. The lowest BCUT2D eigenvalue weighted by Crippen LogP contribution is -2.13. The molecule has 0 radical (unpaired) electrons. The summed E-state index contributed by atoms with van der Waals surface area (Å²) in [5, 5.41) is 3.36. The number of benzene rings is 2. The minimum atomic E-state index is 0.936. The Balaban J connectivity index is 2.21. The van der Waals surface area contributed by atoms with Gasteiger partial charge in [0.25, 0.3) is 0 Å². The molecule has 0 saturated carbocycles. The van der Waals surface area contributed by atoms with Gasteiger partial charge in [-0.1, -0.05) is 36.8 Å². The molecule has 0 aliphatic rings. The number of nitrogens with zero attached hydrogens (tertiary/aromatic N) is 1. The third-order valence-corrected chi connectivity index (χ3v) is 3.62. The third-order valence-electron chi connectivity index (χ3n) is 3.62. The van der Waals surface area contributed by atoms with Crippen LogP contribution in [0.3, 0.4) is 0 Å². The van der Waals surface area contributed by atoms with Crippen LogP contribution in [-0.2, 0) is 6.54 Å². The highest BCUT2D eigenvalue weighted by Gasteiger charge is 2.07. The van der Waals surface area contributed by atoms with E-state index in [0.29, 0.717) is 0 Å². The van der Waals surface area contributed by atoms with Crippen molar-refractivity contribution in [1.29, 1.82) is 0 Å². The van der Waals surface area contributed by atoms with Crippen LogP contribution in [-0.4, -0.2) is 13.6 Å². The fourth-order valence-electron chi connectivity index (χ4n) is 2.38. The second-order valence-electron chi connectivity index (χ2n) is 5.30. The Labute approximate surface area is 122 Å². The molecule has 0 bridgehead atoms. The number of rotatable bonds is 5. The summed E-state index contributed by atoms with van der Waals surface area (Å²) in [6.07, 6.45) is 0. The average Bonchev–Trinajstić information content (AvgIpc) is 2.45. The van der Waals surface area contributed by atoms with E-state index in [1.807, 2.05) is 0 Å². The summed E-state index contributed by atoms with van der Waals surface area (Å²) in [5.41, 5.74) is 6.42. The van der Waals surface area contributed by atoms with Gasteiger partial charge < -0.3 is 10.2 Å². The molecule has 1 N–H and O–H groups in total. The predicted molar refractivity (Wildman–Crippen MR) is 87.8 cm³/mol. The third kappa shape index (κ3) is 3.40. The van der Waals surface area contributed by atoms with Crippen LogP contribution in [0.5, 0.6) is 0 Å². The van der Waals surface area contributed by atoms with Crippen molar-refractivity contribution in [2.24, 2.45) is 0 Å². The zero-order chi connectivity index (χ0) is 14.5. The minimum absolute atomic E-state index is 0.936. The van der Waals surface area contributed by atoms with Gasteiger partial charge in [0.05, 0.1) is 0 Å². The topological polar surface area (TPSA) is 15.3 Å². The molecule has 20 heavy (non-hydrogen) atoms. The average molecular weight is 268 g/mol. The molecular weight excluding hydrogens is 244 g/mol. The van der Waals surface area contributed by atoms with Gasteiger partial charge in [0.15, 0.2) is 0 Å². The molecular formula is C18H24N2. The Bertz CT molecular complexity index is 558. The number of hydrogen-bond acceptors (Lipinski definition) is 2. The number of anilines is 2. The molecule has 0 saturated heterocycles. The van der Waals surface area contributed by atoms with Crippen LogP contribution in [0.2, 0.25) is 0 Å². The van der Waals surface area contributed by atoms with Crippen LogP contribution >= 0.6 is 0 Å². The molecule has 0 spiro atoms. The van der Waals surface area contributed by atoms with Gasteiger partial charge in [-0.25, -0.2) is 0 Å². The van der Waals surface area contributed by atoms with Crippen molar-refractivity contribution in [1.82, 2.24) is 5.32 Å². The quantitative estimate of drug-likeness (QED) is 0.875. The Kier molecular flexibility index (Phi) is 4.80. The predicted octanol–water partition coefficient (Wildman–Crippen LogP) is 4.18. The molecule has 2 aromatic rings. The summed E-state index contributed by atoms with van der Waals surface area (Å²) in [6.45, 7) is 8.36. The fourth-order valence-corrected chi connectivity index (χ4v) is 2.38. The molecule has 0 unspecified atom stereocenters. The maximum Gasteiger partial charge on any atom is 0.0438 e. The van der Waals surface area contributed by atoms with Crippen molar-refractivity contribution >= 4 is 11.4 Å². The van der Waals surface area contributed by atoms with Crippen LogP contribution in [0, 0.1) is 13.8 Å². The van der Waals surface area contributed by atoms with Crippen LogP contribution < -0.4 is 10.2 Å². The number of aryl methyl sites for hydroxylation is 2. The van der Waals surface area contributed by atoms with Crippen LogP contribution in [0.4, 0.5) is 11.4 Å². The molecule has 0 fully saturated rings. The van der Waals surface area contributed by atoms with E-state index in [1.54, 1.807) is 0 Å². The van der Waals surface area contributed by atoms with E-state index < -0.39 is 0 Å². The van der Waals surface area contributed by atoms with Gasteiger partial charge in [0.1, 0.15) is 0 Å². The van der Waals surface area contributed by atoms with Gasteiger partial charge in [-0.15, -0.1) is 0 Å². The molecule has 2 rings (SSSR count). The molecule has 0 atom stereocenters. The highest BCUT2D eigenvalue weighted by Crippen LogP contribution is 2.27. The SMILES string of the molecule is CCNCc1ccc(N(C)c2ccc(C)cc2)c(C)c1. The van der Waals surface area contributed by atoms with Crippen LogP contribution in [0.1, 0.15) is 23.6 Å². The molecule has 0 aromatic heterocycles. The molecule has 2 heteroatoms. The van der Waals surface area contributed by atoms with E-state index in [-0.39, 0.29) is 0 Å². The van der Waals surface area contributed by atoms with Crippen LogP contribution in [0.15, 0.2) is 42.5 Å². The lowest BCUT2D eigenvalue weighted by atomic mass is 10.1. The summed E-state index contributed by atoms with van der Waals surface area (Å²) in [5.74, 6) is 0. The minimum Gasteiger partial charge on any atom is -0.344 e. The summed E-state index contributed by atoms with van der Waals surface area (Å²) in [7, 11) is 2.12. The second-order valence-corrected chi connectivity index (χ2v) is 5.30. The van der Waals surface area contributed by atoms with Crippen molar-refractivity contribution in [3.05, 3.63) is 59.2 Å². The first-order valence-electron chi connectivity index (χ1n) is 7.22. The van der Waals surface area contributed by atoms with Crippen molar-refractivity contribution in [2.75, 3.05) is 18.5 Å². The number of nitrogens with one attached hydrogen (secondary N) is 1. The number of hydrogen-bond donors (Lipinski definition) is 1. The molecule has 0 aliphatic heterocycles. The van der Waals surface area contributed by atoms with E-state index in [0.717, 1.165) is 13.1 Å². The molecule has 0 heterocycles. The zero-order valence-electron chi connectivity index (χ0n) is 12.9. The first-order chi connectivity index (χ1) is 9.61. The highest BCUT2D eigenvalue weighted by atomic mass is 15.1. The zero-order valence-corrected chi connectivity index (χ0v) is 12.9. The molecule has 106 valence electrons. The van der Waals surface area contributed by atoms with Crippen LogP contribution in [0.25, 0.3) is 0 Å². The van der Waals surface area contributed by atoms with Gasteiger partial charge in [-0.05, 0) is 49.7 Å². The normalized spacial score (nSPS) is 10.6. The standard InChI is InChI=1S/C18H24N2/c1-5-19-13-16-8-11-18(15(3)12-16)20(4)17-9-6-14(2)7-10-17/h6-12,19H,5,13H2,1-4H3. The van der Waals surface area contributed by atoms with E-state index in [4.69, 9.17) is 0 Å². The monoisotopic (exact) mass is 268 g/mol. The molecule has 2 aromatic carbocycles. The summed E-state index contributed by atoms with van der Waals surface area (Å²) < 4.78 is 0. The maximum atomic E-state index is 3.36. The summed E-state index contributed by atoms with van der Waals surface area (Å²) in [6, 6.07) is 15.3. The van der Waals surface area contributed by atoms with Gasteiger partial charge >= 0.3 is 0 Å². The highest BCUT2D eigenvalue weighted by molar-refractivity contribution is 5.66. The molecule has 2 nitrogen and oxygen atoms in total. The largest absolute Gasteiger partial charge is 0.344 e. The molecule has 0 aliphatic carbocycles. The van der Waals surface area contributed by atoms with E-state index in [2.05, 4.69) is 80.5 Å². The van der Waals surface area contributed by atoms with Gasteiger partial charge in [-0.2, -0.15) is 0 Å². The Morgan fingerprint density at radius 1 is 1.00 bits per heavy atom. The van der Waals surface area contributed by atoms with Crippen molar-refractivity contribution in [3.8, 4) is 0 Å². The lowest BCUT2D eigenvalue weighted by molar-refractivity contribution is 0.726. The van der Waals surface area contributed by atoms with E-state index in [1.165, 1.54) is 28.1 Å². The summed E-state index contributed by atoms with van der Waals surface area (Å²) >= 11 is 0. The van der Waals surface area contributed by atoms with Crippen molar-refractivity contribution < 1.29 is 0 Å². The van der Waals surface area contributed by atoms with Gasteiger partial charge in [-0.3, -0.25) is 0 Å². The first kappa shape index (κ1) is 14.6. The maximum absolute atomic E-state index is 3.36. The molecule has 0 amide bonds. The fraction of sp³-hybridized carbons (Fsp3) is 0.333. The van der Waals surface area contributed by atoms with E-state index in [9.17, 15) is 0 Å². The smallest absolute Gasteiger partial charge is 0.0438 e. The Morgan fingerprint density at radius 3 is 2.30 bits per heavy atom. The Morgan fingerprint density at radius 2 is 1.70 bits per heavy atom. The van der Waals surface area contributed by atoms with Crippen molar-refractivity contribution in [2.45, 2.75) is 27.3 Å². The second kappa shape index (κ2) is 6.58. The lowest BCUT2D eigenvalue weighted by Gasteiger charge is -2.22.